The summed E-state index contributed by atoms with van der Waals surface area (Å²) in [7, 11) is 1.81. The van der Waals surface area contributed by atoms with E-state index in [1.165, 1.54) is 0 Å². The molecule has 2 aromatic heterocycles. The van der Waals surface area contributed by atoms with Gasteiger partial charge in [0.05, 0.1) is 5.56 Å². The number of hydrogen-bond donors (Lipinski definition) is 1. The smallest absolute Gasteiger partial charge is 0.200 e. The molecule has 0 bridgehead atoms. The fourth-order valence-corrected chi connectivity index (χ4v) is 2.66. The van der Waals surface area contributed by atoms with Crippen molar-refractivity contribution in [1.82, 2.24) is 19.7 Å². The maximum Gasteiger partial charge on any atom is 0.200 e. The third kappa shape index (κ3) is 2.23. The lowest BCUT2D eigenvalue weighted by Crippen LogP contribution is -1.95. The van der Waals surface area contributed by atoms with Crippen LogP contribution in [0, 0.1) is 0 Å². The van der Waals surface area contributed by atoms with Crippen LogP contribution in [-0.2, 0) is 7.05 Å². The molecule has 0 aliphatic rings. The number of phenolic OH excluding ortho intramolecular Hbond substituents is 1. The summed E-state index contributed by atoms with van der Waals surface area (Å²) in [6, 6.07) is 17.2. The molecule has 0 spiro atoms. The van der Waals surface area contributed by atoms with Gasteiger partial charge >= 0.3 is 0 Å². The maximum absolute atomic E-state index is 10.6. The van der Waals surface area contributed by atoms with E-state index in [1.807, 2.05) is 61.6 Å². The molecule has 4 rings (SSSR count). The van der Waals surface area contributed by atoms with Gasteiger partial charge in [0.15, 0.2) is 11.6 Å². The van der Waals surface area contributed by atoms with Crippen molar-refractivity contribution in [3.63, 3.8) is 0 Å². The first kappa shape index (κ1) is 13.5. The number of nitrogens with zero attached hydrogens (tertiary/aromatic N) is 4. The fraction of sp³-hybridized carbons (Fsp3) is 0.0556. The van der Waals surface area contributed by atoms with Crippen LogP contribution in [0.4, 0.5) is 0 Å². The van der Waals surface area contributed by atoms with Crippen LogP contribution in [0.15, 0.2) is 60.8 Å². The summed E-state index contributed by atoms with van der Waals surface area (Å²) in [4.78, 5) is 8.82. The number of benzene rings is 2. The van der Waals surface area contributed by atoms with E-state index in [4.69, 9.17) is 0 Å². The van der Waals surface area contributed by atoms with Gasteiger partial charge in [-0.1, -0.05) is 36.4 Å². The Balaban J connectivity index is 1.89. The van der Waals surface area contributed by atoms with Crippen molar-refractivity contribution in [3.8, 4) is 28.7 Å². The van der Waals surface area contributed by atoms with E-state index in [-0.39, 0.29) is 5.75 Å². The predicted octanol–water partition coefficient (Wildman–Crippen LogP) is 3.40. The van der Waals surface area contributed by atoms with Crippen LogP contribution in [-0.4, -0.2) is 24.9 Å². The second-order valence-corrected chi connectivity index (χ2v) is 5.28. The normalized spacial score (nSPS) is 11.0. The molecule has 1 N–H and O–H groups in total. The minimum atomic E-state index is 0.214. The Morgan fingerprint density at radius 1 is 0.957 bits per heavy atom. The lowest BCUT2D eigenvalue weighted by molar-refractivity contribution is 0.482. The van der Waals surface area contributed by atoms with Crippen LogP contribution in [0.5, 0.6) is 5.75 Å². The van der Waals surface area contributed by atoms with Gasteiger partial charge < -0.3 is 5.11 Å². The molecule has 4 aromatic rings. The zero-order valence-corrected chi connectivity index (χ0v) is 12.5. The summed E-state index contributed by atoms with van der Waals surface area (Å²) >= 11 is 0. The van der Waals surface area contributed by atoms with Crippen molar-refractivity contribution in [1.29, 1.82) is 0 Å². The first-order valence-electron chi connectivity index (χ1n) is 7.27. The molecule has 5 heteroatoms. The maximum atomic E-state index is 10.6. The largest absolute Gasteiger partial charge is 0.507 e. The standard InChI is InChI=1S/C18H14N4O/c1-22-18(20-17(21-22)15-8-4-5-11-19-15)14-10-9-12-6-2-3-7-13(12)16(14)23/h2-11,23H,1H3. The molecule has 0 saturated carbocycles. The van der Waals surface area contributed by atoms with E-state index in [0.717, 1.165) is 10.8 Å². The number of fused-ring (bicyclic) bond motifs is 1. The molecule has 0 unspecified atom stereocenters. The molecule has 5 nitrogen and oxygen atoms in total. The third-order valence-corrected chi connectivity index (χ3v) is 3.80. The van der Waals surface area contributed by atoms with Gasteiger partial charge in [-0.05, 0) is 23.6 Å². The molecular weight excluding hydrogens is 288 g/mol. The molecule has 0 fully saturated rings. The van der Waals surface area contributed by atoms with Crippen LogP contribution in [0.25, 0.3) is 33.7 Å². The molecule has 2 heterocycles. The van der Waals surface area contributed by atoms with Gasteiger partial charge in [-0.3, -0.25) is 4.98 Å². The van der Waals surface area contributed by atoms with Gasteiger partial charge in [-0.15, -0.1) is 5.10 Å². The third-order valence-electron chi connectivity index (χ3n) is 3.80. The number of phenols is 1. The summed E-state index contributed by atoms with van der Waals surface area (Å²) in [6.07, 6.45) is 1.71. The van der Waals surface area contributed by atoms with E-state index in [9.17, 15) is 5.11 Å². The van der Waals surface area contributed by atoms with E-state index in [0.29, 0.717) is 22.9 Å². The number of aromatic hydroxyl groups is 1. The SMILES string of the molecule is Cn1nc(-c2ccccn2)nc1-c1ccc2ccccc2c1O. The molecule has 112 valence electrons. The van der Waals surface area contributed by atoms with Crippen LogP contribution < -0.4 is 0 Å². The molecule has 0 radical (unpaired) electrons. The summed E-state index contributed by atoms with van der Waals surface area (Å²) in [5, 5.41) is 16.8. The van der Waals surface area contributed by atoms with Crippen LogP contribution >= 0.6 is 0 Å². The topological polar surface area (TPSA) is 63.8 Å². The fourth-order valence-electron chi connectivity index (χ4n) is 2.66. The highest BCUT2D eigenvalue weighted by atomic mass is 16.3. The Morgan fingerprint density at radius 2 is 1.78 bits per heavy atom. The molecule has 0 aliphatic carbocycles. The predicted molar refractivity (Wildman–Crippen MR) is 88.8 cm³/mol. The Labute approximate surface area is 132 Å². The highest BCUT2D eigenvalue weighted by molar-refractivity contribution is 5.93. The van der Waals surface area contributed by atoms with Crippen molar-refractivity contribution in [2.45, 2.75) is 0 Å². The zero-order chi connectivity index (χ0) is 15.8. The van der Waals surface area contributed by atoms with Gasteiger partial charge in [0, 0.05) is 18.6 Å². The molecule has 0 amide bonds. The van der Waals surface area contributed by atoms with Crippen molar-refractivity contribution < 1.29 is 5.11 Å². The Bertz CT molecular complexity index is 993. The first-order valence-corrected chi connectivity index (χ1v) is 7.27. The van der Waals surface area contributed by atoms with Gasteiger partial charge in [0.1, 0.15) is 11.4 Å². The Kier molecular flexibility index (Phi) is 3.05. The number of aromatic nitrogens is 4. The summed E-state index contributed by atoms with van der Waals surface area (Å²) < 4.78 is 1.66. The summed E-state index contributed by atoms with van der Waals surface area (Å²) in [5.74, 6) is 1.36. The lowest BCUT2D eigenvalue weighted by Gasteiger charge is -2.07. The zero-order valence-electron chi connectivity index (χ0n) is 12.5. The first-order chi connectivity index (χ1) is 11.2. The second-order valence-electron chi connectivity index (χ2n) is 5.28. The van der Waals surface area contributed by atoms with E-state index in [2.05, 4.69) is 15.1 Å². The van der Waals surface area contributed by atoms with E-state index in [1.54, 1.807) is 10.9 Å². The van der Waals surface area contributed by atoms with Crippen LogP contribution in [0.1, 0.15) is 0 Å². The van der Waals surface area contributed by atoms with Crippen molar-refractivity contribution in [2.75, 3.05) is 0 Å². The highest BCUT2D eigenvalue weighted by Crippen LogP contribution is 2.35. The number of pyridine rings is 1. The number of rotatable bonds is 2. The average Bonchev–Trinajstić information content (AvgIpc) is 2.98. The van der Waals surface area contributed by atoms with Gasteiger partial charge in [0.2, 0.25) is 0 Å². The molecule has 2 aromatic carbocycles. The molecular formula is C18H14N4O. The van der Waals surface area contributed by atoms with E-state index < -0.39 is 0 Å². The minimum absolute atomic E-state index is 0.214. The average molecular weight is 302 g/mol. The molecule has 23 heavy (non-hydrogen) atoms. The molecule has 0 atom stereocenters. The van der Waals surface area contributed by atoms with Gasteiger partial charge in [-0.25, -0.2) is 9.67 Å². The lowest BCUT2D eigenvalue weighted by atomic mass is 10.0. The number of hydrogen-bond acceptors (Lipinski definition) is 4. The molecule has 0 saturated heterocycles. The quantitative estimate of drug-likeness (QED) is 0.616. The van der Waals surface area contributed by atoms with Crippen LogP contribution in [0.2, 0.25) is 0 Å². The molecule has 0 aliphatic heterocycles. The van der Waals surface area contributed by atoms with Gasteiger partial charge in [-0.2, -0.15) is 0 Å². The van der Waals surface area contributed by atoms with Crippen LogP contribution in [0.3, 0.4) is 0 Å². The van der Waals surface area contributed by atoms with Gasteiger partial charge in [0.25, 0.3) is 0 Å². The highest BCUT2D eigenvalue weighted by Gasteiger charge is 2.16. The summed E-state index contributed by atoms with van der Waals surface area (Å²) in [6.45, 7) is 0. The van der Waals surface area contributed by atoms with Crippen molar-refractivity contribution >= 4 is 10.8 Å². The van der Waals surface area contributed by atoms with E-state index >= 15 is 0 Å². The minimum Gasteiger partial charge on any atom is -0.507 e. The Hall–Kier alpha value is -3.21. The summed E-state index contributed by atoms with van der Waals surface area (Å²) in [5.41, 5.74) is 1.36. The van der Waals surface area contributed by atoms with Crippen molar-refractivity contribution in [2.24, 2.45) is 7.05 Å². The second kappa shape index (κ2) is 5.21. The monoisotopic (exact) mass is 302 g/mol. The Morgan fingerprint density at radius 3 is 2.61 bits per heavy atom. The van der Waals surface area contributed by atoms with Crippen molar-refractivity contribution in [3.05, 3.63) is 60.8 Å². The number of aryl methyl sites for hydroxylation is 1.